The molecule has 4 heterocycles. The van der Waals surface area contributed by atoms with Gasteiger partial charge in [-0.2, -0.15) is 0 Å². The summed E-state index contributed by atoms with van der Waals surface area (Å²) in [6, 6.07) is 12.2. The van der Waals surface area contributed by atoms with Crippen LogP contribution < -0.4 is 10.6 Å². The molecule has 332 valence electrons. The van der Waals surface area contributed by atoms with Crippen LogP contribution in [0.25, 0.3) is 54.5 Å². The number of hydrogen-bond acceptors (Lipinski definition) is 10. The third kappa shape index (κ3) is 10.3. The molecule has 2 aromatic heterocycles. The minimum Gasteiger partial charge on any atom is -0.453 e. The highest BCUT2D eigenvalue weighted by atomic mass is 35.5. The number of benzene rings is 2. The number of nitrogens with zero attached hydrogens (tertiary/aromatic N) is 10. The summed E-state index contributed by atoms with van der Waals surface area (Å²) in [7, 11) is 2.48. The zero-order valence-corrected chi connectivity index (χ0v) is 37.0. The molecule has 0 spiro atoms. The summed E-state index contributed by atoms with van der Waals surface area (Å²) >= 11 is 13.5. The third-order valence-corrected chi connectivity index (χ3v) is 11.9. The molecule has 2 aliphatic heterocycles. The Morgan fingerprint density at radius 3 is 1.56 bits per heavy atom. The van der Waals surface area contributed by atoms with Crippen LogP contribution in [-0.4, -0.2) is 106 Å². The lowest BCUT2D eigenvalue weighted by Gasteiger charge is -2.30. The van der Waals surface area contributed by atoms with Crippen molar-refractivity contribution >= 4 is 47.2 Å². The summed E-state index contributed by atoms with van der Waals surface area (Å²) < 4.78 is 9.44. The number of hydrogen-bond donors (Lipinski definition) is 4. The van der Waals surface area contributed by atoms with Gasteiger partial charge in [0.15, 0.2) is 0 Å². The number of rotatable bonds is 14. The number of ether oxygens (including phenoxy) is 2. The molecule has 0 radical (unpaired) electrons. The maximum absolute atomic E-state index is 13.9. The molecule has 6 rings (SSSR count). The minimum atomic E-state index is -0.891. The van der Waals surface area contributed by atoms with E-state index in [0.29, 0.717) is 35.9 Å². The average Bonchev–Trinajstić information content (AvgIpc) is 4.07. The van der Waals surface area contributed by atoms with E-state index in [2.05, 4.69) is 40.7 Å². The Kier molecular flexibility index (Phi) is 14.7. The number of imidazole rings is 2. The summed E-state index contributed by atoms with van der Waals surface area (Å²) in [5.41, 5.74) is 22.6. The van der Waals surface area contributed by atoms with E-state index in [-0.39, 0.29) is 53.6 Å². The zero-order valence-electron chi connectivity index (χ0n) is 35.5. The number of methoxy groups -OCH3 is 2. The molecule has 2 aliphatic rings. The second-order valence-electron chi connectivity index (χ2n) is 16.0. The first kappa shape index (κ1) is 46.1. The number of carbonyl (C=O) groups excluding carboxylic acids is 4. The van der Waals surface area contributed by atoms with Crippen molar-refractivity contribution in [3.8, 4) is 33.6 Å². The first-order chi connectivity index (χ1) is 30.2. The van der Waals surface area contributed by atoms with Gasteiger partial charge in [-0.05, 0) is 46.9 Å². The van der Waals surface area contributed by atoms with E-state index < -0.39 is 48.3 Å². The van der Waals surface area contributed by atoms with Crippen LogP contribution in [0.15, 0.2) is 58.8 Å². The quantitative estimate of drug-likeness (QED) is 0.0541. The van der Waals surface area contributed by atoms with Crippen molar-refractivity contribution in [2.75, 3.05) is 33.9 Å². The third-order valence-electron chi connectivity index (χ3n) is 11.4. The predicted octanol–water partition coefficient (Wildman–Crippen LogP) is 8.35. The van der Waals surface area contributed by atoms with E-state index >= 15 is 0 Å². The maximum atomic E-state index is 13.9. The lowest BCUT2D eigenvalue weighted by molar-refractivity contribution is -0.138. The lowest BCUT2D eigenvalue weighted by atomic mass is 9.94. The van der Waals surface area contributed by atoms with Crippen LogP contribution in [0.5, 0.6) is 0 Å². The minimum absolute atomic E-state index is 0.0681. The lowest BCUT2D eigenvalue weighted by Crippen LogP contribution is -2.51. The number of aromatic amines is 2. The van der Waals surface area contributed by atoms with E-state index in [1.807, 2.05) is 62.4 Å². The Bertz CT molecular complexity index is 2410. The number of carbonyl (C=O) groups is 4. The molecule has 4 N–H and O–H groups in total. The number of halogens is 2. The Balaban J connectivity index is 1.19. The second kappa shape index (κ2) is 20.2. The fraction of sp³-hybridized carbons (Fsp3) is 0.463. The van der Waals surface area contributed by atoms with Crippen molar-refractivity contribution in [1.82, 2.24) is 40.4 Å². The molecule has 20 nitrogen and oxygen atoms in total. The summed E-state index contributed by atoms with van der Waals surface area (Å²) in [5, 5.41) is 13.5. The van der Waals surface area contributed by atoms with Crippen LogP contribution >= 0.6 is 23.2 Å². The molecule has 4 amide bonds. The number of alkyl carbamates (subject to hydrolysis) is 2. The van der Waals surface area contributed by atoms with E-state index in [4.69, 9.17) is 48.2 Å². The first-order valence-electron chi connectivity index (χ1n) is 20.2. The Hall–Kier alpha value is -6.46. The molecule has 2 aromatic carbocycles. The highest BCUT2D eigenvalue weighted by Crippen LogP contribution is 2.39. The van der Waals surface area contributed by atoms with Gasteiger partial charge >= 0.3 is 12.2 Å². The standard InChI is InChI=1S/C41H48Cl2N14O6/c1-20(2)28(17-46-40(60)62-5)38(58)56-18-26(52-54-44)15-29(56)36-47-32(34(42)50-36)24-11-7-22(8-12-24)23-9-13-25(14-10-23)33-35(43)51-37(48-33)30-16-27(53-55-45)19-57(30)39(59)31(21(3)4)49-41(61)63-6/h7-14,20-21,26-31H,15-19H2,1-6H3,(H,46,60)(H,47,50)(H,48,51)(H,49,61)/t26-,27-,28+,29?,30?,31+/m1/s1. The van der Waals surface area contributed by atoms with Crippen molar-refractivity contribution in [2.24, 2.45) is 28.0 Å². The Morgan fingerprint density at radius 1 is 0.730 bits per heavy atom. The molecule has 0 saturated carbocycles. The summed E-state index contributed by atoms with van der Waals surface area (Å²) in [6.45, 7) is 7.77. The predicted molar refractivity (Wildman–Crippen MR) is 234 cm³/mol. The molecule has 0 bridgehead atoms. The van der Waals surface area contributed by atoms with Crippen molar-refractivity contribution in [3.05, 3.63) is 91.4 Å². The van der Waals surface area contributed by atoms with E-state index in [1.54, 1.807) is 23.6 Å². The van der Waals surface area contributed by atoms with Gasteiger partial charge in [-0.1, -0.05) is 110 Å². The Labute approximate surface area is 372 Å². The van der Waals surface area contributed by atoms with Gasteiger partial charge in [0.05, 0.1) is 44.3 Å². The SMILES string of the molecule is COC(=O)NC[C@H](C(=O)N1C[C@H](N=[N+]=[N-])CC1c1nc(-c2ccc(-c3ccc(-c4nc(C5C[C@@H](N=[N+]=[N-])CN5C(=O)[C@@H](NC(=O)OC)C(C)C)[nH]c4Cl)cc3)cc2)c(Cl)[nH]1)C(C)C. The molecule has 0 aliphatic carbocycles. The van der Waals surface area contributed by atoms with Crippen LogP contribution in [0.3, 0.4) is 0 Å². The summed E-state index contributed by atoms with van der Waals surface area (Å²) in [6.07, 6.45) is -0.744. The normalized spacial score (nSPS) is 19.3. The van der Waals surface area contributed by atoms with Crippen LogP contribution in [0, 0.1) is 17.8 Å². The number of azide groups is 2. The van der Waals surface area contributed by atoms with E-state index in [9.17, 15) is 24.7 Å². The Morgan fingerprint density at radius 2 is 1.16 bits per heavy atom. The first-order valence-corrected chi connectivity index (χ1v) is 21.0. The summed E-state index contributed by atoms with van der Waals surface area (Å²) in [5.74, 6) is -0.691. The van der Waals surface area contributed by atoms with Crippen LogP contribution in [0.4, 0.5) is 9.59 Å². The number of H-pyrrole nitrogens is 2. The molecule has 6 atom stereocenters. The zero-order chi connectivity index (χ0) is 45.5. The van der Waals surface area contributed by atoms with E-state index in [1.165, 1.54) is 14.2 Å². The molecule has 4 aromatic rings. The van der Waals surface area contributed by atoms with Gasteiger partial charge in [0.1, 0.15) is 39.4 Å². The number of nitrogens with one attached hydrogen (secondary N) is 4. The number of likely N-dealkylation sites (tertiary alicyclic amines) is 2. The fourth-order valence-corrected chi connectivity index (χ4v) is 8.49. The topological polar surface area (TPSA) is 272 Å². The van der Waals surface area contributed by atoms with Gasteiger partial charge in [0.2, 0.25) is 11.8 Å². The van der Waals surface area contributed by atoms with E-state index in [0.717, 1.165) is 22.3 Å². The molecule has 2 fully saturated rings. The molecule has 2 saturated heterocycles. The van der Waals surface area contributed by atoms with Gasteiger partial charge in [-0.25, -0.2) is 19.6 Å². The maximum Gasteiger partial charge on any atom is 0.407 e. The van der Waals surface area contributed by atoms with Crippen molar-refractivity contribution in [3.63, 3.8) is 0 Å². The number of amides is 4. The van der Waals surface area contributed by atoms with Crippen LogP contribution in [0.1, 0.15) is 64.3 Å². The van der Waals surface area contributed by atoms with Gasteiger partial charge in [-0.3, -0.25) is 9.59 Å². The smallest absolute Gasteiger partial charge is 0.407 e. The highest BCUT2D eigenvalue weighted by Gasteiger charge is 2.43. The second-order valence-corrected chi connectivity index (χ2v) is 16.8. The van der Waals surface area contributed by atoms with Gasteiger partial charge in [0.25, 0.3) is 0 Å². The largest absolute Gasteiger partial charge is 0.453 e. The number of aromatic nitrogens is 4. The molecule has 2 unspecified atom stereocenters. The monoisotopic (exact) mass is 902 g/mol. The van der Waals surface area contributed by atoms with Crippen LogP contribution in [0.2, 0.25) is 10.3 Å². The molecule has 22 heteroatoms. The van der Waals surface area contributed by atoms with Crippen LogP contribution in [-0.2, 0) is 19.1 Å². The average molecular weight is 904 g/mol. The molecular formula is C41H48Cl2N14O6. The van der Waals surface area contributed by atoms with Crippen molar-refractivity contribution < 1.29 is 28.7 Å². The molecular weight excluding hydrogens is 855 g/mol. The van der Waals surface area contributed by atoms with Gasteiger partial charge in [-0.15, -0.1) is 0 Å². The fourth-order valence-electron chi connectivity index (χ4n) is 7.99. The molecule has 63 heavy (non-hydrogen) atoms. The van der Waals surface area contributed by atoms with Gasteiger partial charge < -0.3 is 39.9 Å². The van der Waals surface area contributed by atoms with Gasteiger partial charge in [0, 0.05) is 40.6 Å². The van der Waals surface area contributed by atoms with Crippen molar-refractivity contribution in [2.45, 2.75) is 70.7 Å². The highest BCUT2D eigenvalue weighted by molar-refractivity contribution is 6.32. The summed E-state index contributed by atoms with van der Waals surface area (Å²) in [4.78, 5) is 76.7. The van der Waals surface area contributed by atoms with Crippen molar-refractivity contribution in [1.29, 1.82) is 0 Å².